The van der Waals surface area contributed by atoms with Gasteiger partial charge < -0.3 is 20.3 Å². The first kappa shape index (κ1) is 20.1. The van der Waals surface area contributed by atoms with Crippen LogP contribution in [0.5, 0.6) is 0 Å². The van der Waals surface area contributed by atoms with E-state index < -0.39 is 5.97 Å². The summed E-state index contributed by atoms with van der Waals surface area (Å²) in [6.45, 7) is 6.19. The molecule has 1 aromatic heterocycles. The third-order valence-corrected chi connectivity index (χ3v) is 4.37. The number of anilines is 5. The molecule has 0 bridgehead atoms. The lowest BCUT2D eigenvalue weighted by Gasteiger charge is -2.21. The number of nitrogens with one attached hydrogen (secondary N) is 2. The van der Waals surface area contributed by atoms with E-state index in [1.807, 2.05) is 18.2 Å². The van der Waals surface area contributed by atoms with Gasteiger partial charge >= 0.3 is 5.97 Å². The Kier molecular flexibility index (Phi) is 6.57. The normalized spacial score (nSPS) is 10.3. The molecule has 2 N–H and O–H groups in total. The molecule has 2 aromatic carbocycles. The summed E-state index contributed by atoms with van der Waals surface area (Å²) in [7, 11) is 1.35. The zero-order valence-corrected chi connectivity index (χ0v) is 16.7. The van der Waals surface area contributed by atoms with Gasteiger partial charge in [0.2, 0.25) is 5.95 Å². The molecule has 3 rings (SSSR count). The van der Waals surface area contributed by atoms with Gasteiger partial charge in [0.05, 0.1) is 18.9 Å². The molecule has 0 aliphatic carbocycles. The smallest absolute Gasteiger partial charge is 0.337 e. The first-order valence-electron chi connectivity index (χ1n) is 9.40. The van der Waals surface area contributed by atoms with E-state index in [4.69, 9.17) is 4.74 Å². The number of esters is 1. The Hall–Kier alpha value is -3.68. The van der Waals surface area contributed by atoms with Crippen LogP contribution in [0.4, 0.5) is 28.8 Å². The number of carbonyl (C=O) groups is 1. The van der Waals surface area contributed by atoms with Gasteiger partial charge in [-0.05, 0) is 56.3 Å². The van der Waals surface area contributed by atoms with Crippen LogP contribution in [0.1, 0.15) is 24.2 Å². The number of aromatic nitrogens is 3. The molecule has 3 aromatic rings. The van der Waals surface area contributed by atoms with Gasteiger partial charge in [0.25, 0.3) is 0 Å². The van der Waals surface area contributed by atoms with Crippen LogP contribution in [-0.2, 0) is 4.74 Å². The van der Waals surface area contributed by atoms with Gasteiger partial charge in [-0.3, -0.25) is 0 Å². The Bertz CT molecular complexity index is 957. The summed E-state index contributed by atoms with van der Waals surface area (Å²) in [6.07, 6.45) is 1.51. The Morgan fingerprint density at radius 3 is 2.48 bits per heavy atom. The van der Waals surface area contributed by atoms with E-state index in [2.05, 4.69) is 56.7 Å². The molecule has 0 spiro atoms. The van der Waals surface area contributed by atoms with Crippen molar-refractivity contribution in [2.45, 2.75) is 13.8 Å². The van der Waals surface area contributed by atoms with Crippen molar-refractivity contribution in [3.63, 3.8) is 0 Å². The molecule has 0 unspecified atom stereocenters. The Balaban J connectivity index is 1.71. The molecule has 0 saturated carbocycles. The van der Waals surface area contributed by atoms with Crippen LogP contribution < -0.4 is 15.5 Å². The van der Waals surface area contributed by atoms with Crippen LogP contribution in [0.25, 0.3) is 0 Å². The van der Waals surface area contributed by atoms with Gasteiger partial charge in [0.15, 0.2) is 5.82 Å². The number of rotatable bonds is 8. The second kappa shape index (κ2) is 9.50. The molecular weight excluding hydrogens is 368 g/mol. The lowest BCUT2D eigenvalue weighted by atomic mass is 10.2. The quantitative estimate of drug-likeness (QED) is 0.556. The fourth-order valence-electron chi connectivity index (χ4n) is 2.88. The highest BCUT2D eigenvalue weighted by Gasteiger charge is 2.07. The molecule has 0 fully saturated rings. The molecule has 0 aliphatic heterocycles. The third-order valence-electron chi connectivity index (χ3n) is 4.37. The van der Waals surface area contributed by atoms with Crippen molar-refractivity contribution in [2.24, 2.45) is 0 Å². The summed E-state index contributed by atoms with van der Waals surface area (Å²) >= 11 is 0. The highest BCUT2D eigenvalue weighted by molar-refractivity contribution is 5.90. The number of benzene rings is 2. The number of ether oxygens (including phenoxy) is 1. The topological polar surface area (TPSA) is 92.3 Å². The lowest BCUT2D eigenvalue weighted by molar-refractivity contribution is 0.0601. The van der Waals surface area contributed by atoms with Gasteiger partial charge in [0, 0.05) is 30.2 Å². The minimum atomic E-state index is -0.398. The zero-order valence-electron chi connectivity index (χ0n) is 16.7. The molecule has 29 heavy (non-hydrogen) atoms. The highest BCUT2D eigenvalue weighted by Crippen LogP contribution is 2.21. The van der Waals surface area contributed by atoms with Crippen LogP contribution in [0.15, 0.2) is 54.7 Å². The van der Waals surface area contributed by atoms with Gasteiger partial charge in [-0.2, -0.15) is 10.1 Å². The number of hydrogen-bond donors (Lipinski definition) is 2. The van der Waals surface area contributed by atoms with Crippen molar-refractivity contribution in [2.75, 3.05) is 35.7 Å². The van der Waals surface area contributed by atoms with E-state index in [0.717, 1.165) is 18.8 Å². The van der Waals surface area contributed by atoms with Crippen LogP contribution in [-0.4, -0.2) is 41.3 Å². The van der Waals surface area contributed by atoms with Crippen LogP contribution in [0, 0.1) is 0 Å². The standard InChI is InChI=1S/C21H24N6O2/c1-4-27(5-2)18-11-9-16(10-12-18)24-21-25-19(14-22-26-21)23-17-8-6-7-15(13-17)20(28)29-3/h6-14H,4-5H2,1-3H3,(H2,23,24,25,26). The predicted octanol–water partition coefficient (Wildman–Crippen LogP) is 3.99. The summed E-state index contributed by atoms with van der Waals surface area (Å²) < 4.78 is 4.75. The van der Waals surface area contributed by atoms with Gasteiger partial charge in [-0.15, -0.1) is 5.10 Å². The number of methoxy groups -OCH3 is 1. The summed E-state index contributed by atoms with van der Waals surface area (Å²) in [4.78, 5) is 18.4. The number of nitrogens with zero attached hydrogens (tertiary/aromatic N) is 4. The lowest BCUT2D eigenvalue weighted by Crippen LogP contribution is -2.21. The predicted molar refractivity (Wildman–Crippen MR) is 114 cm³/mol. The SMILES string of the molecule is CCN(CC)c1ccc(Nc2nncc(Nc3cccc(C(=O)OC)c3)n2)cc1. The van der Waals surface area contributed by atoms with Crippen molar-refractivity contribution >= 4 is 34.8 Å². The number of hydrogen-bond acceptors (Lipinski definition) is 8. The van der Waals surface area contributed by atoms with Gasteiger partial charge in [-0.25, -0.2) is 4.79 Å². The van der Waals surface area contributed by atoms with E-state index in [-0.39, 0.29) is 0 Å². The molecule has 0 aliphatic rings. The van der Waals surface area contributed by atoms with E-state index in [1.54, 1.807) is 18.2 Å². The second-order valence-corrected chi connectivity index (χ2v) is 6.21. The molecule has 0 radical (unpaired) electrons. The van der Waals surface area contributed by atoms with E-state index in [1.165, 1.54) is 19.0 Å². The monoisotopic (exact) mass is 392 g/mol. The zero-order chi connectivity index (χ0) is 20.6. The fourth-order valence-corrected chi connectivity index (χ4v) is 2.88. The Morgan fingerprint density at radius 2 is 1.79 bits per heavy atom. The first-order valence-corrected chi connectivity index (χ1v) is 9.40. The van der Waals surface area contributed by atoms with Crippen molar-refractivity contribution in [3.8, 4) is 0 Å². The van der Waals surface area contributed by atoms with Crippen molar-refractivity contribution in [3.05, 3.63) is 60.3 Å². The Labute approximate surface area is 169 Å². The van der Waals surface area contributed by atoms with Gasteiger partial charge in [-0.1, -0.05) is 6.07 Å². The molecule has 8 nitrogen and oxygen atoms in total. The molecule has 1 heterocycles. The summed E-state index contributed by atoms with van der Waals surface area (Å²) in [5.41, 5.74) is 3.18. The molecule has 8 heteroatoms. The van der Waals surface area contributed by atoms with E-state index in [0.29, 0.717) is 23.0 Å². The average molecular weight is 392 g/mol. The maximum Gasteiger partial charge on any atom is 0.337 e. The highest BCUT2D eigenvalue weighted by atomic mass is 16.5. The second-order valence-electron chi connectivity index (χ2n) is 6.21. The van der Waals surface area contributed by atoms with Crippen molar-refractivity contribution in [1.82, 2.24) is 15.2 Å². The van der Waals surface area contributed by atoms with Gasteiger partial charge in [0.1, 0.15) is 0 Å². The largest absolute Gasteiger partial charge is 0.465 e. The van der Waals surface area contributed by atoms with E-state index >= 15 is 0 Å². The Morgan fingerprint density at radius 1 is 1.03 bits per heavy atom. The summed E-state index contributed by atoms with van der Waals surface area (Å²) in [5, 5.41) is 14.3. The fraction of sp³-hybridized carbons (Fsp3) is 0.238. The molecule has 0 saturated heterocycles. The number of carbonyl (C=O) groups excluding carboxylic acids is 1. The van der Waals surface area contributed by atoms with E-state index in [9.17, 15) is 4.79 Å². The van der Waals surface area contributed by atoms with Crippen LogP contribution in [0.2, 0.25) is 0 Å². The minimum Gasteiger partial charge on any atom is -0.465 e. The first-order chi connectivity index (χ1) is 14.1. The van der Waals surface area contributed by atoms with Crippen molar-refractivity contribution in [1.29, 1.82) is 0 Å². The average Bonchev–Trinajstić information content (AvgIpc) is 2.75. The molecule has 0 atom stereocenters. The summed E-state index contributed by atoms with van der Waals surface area (Å²) in [5.74, 6) is 0.476. The maximum atomic E-state index is 11.7. The third kappa shape index (κ3) is 5.19. The molecule has 0 amide bonds. The minimum absolute atomic E-state index is 0.370. The van der Waals surface area contributed by atoms with Crippen molar-refractivity contribution < 1.29 is 9.53 Å². The van der Waals surface area contributed by atoms with Crippen LogP contribution in [0.3, 0.4) is 0 Å². The molecule has 150 valence electrons. The maximum absolute atomic E-state index is 11.7. The molecular formula is C21H24N6O2. The van der Waals surface area contributed by atoms with Crippen LogP contribution >= 0.6 is 0 Å². The summed E-state index contributed by atoms with van der Waals surface area (Å²) in [6, 6.07) is 15.0.